The van der Waals surface area contributed by atoms with E-state index in [-0.39, 0.29) is 22.8 Å². The van der Waals surface area contributed by atoms with Gasteiger partial charge in [-0.05, 0) is 50.1 Å². The molecule has 0 bridgehead atoms. The van der Waals surface area contributed by atoms with Gasteiger partial charge in [-0.25, -0.2) is 13.1 Å². The summed E-state index contributed by atoms with van der Waals surface area (Å²) in [5.41, 5.74) is 2.72. The molecule has 8 heteroatoms. The van der Waals surface area contributed by atoms with Gasteiger partial charge in [0.1, 0.15) is 0 Å². The Bertz CT molecular complexity index is 1210. The average Bonchev–Trinajstić information content (AvgIpc) is 2.73. The molecule has 0 aliphatic heterocycles. The van der Waals surface area contributed by atoms with E-state index in [9.17, 15) is 16.8 Å². The van der Waals surface area contributed by atoms with Crippen LogP contribution in [0.2, 0.25) is 0 Å². The van der Waals surface area contributed by atoms with Crippen LogP contribution in [0, 0.1) is 13.8 Å². The fourth-order valence-corrected chi connectivity index (χ4v) is 5.15. The van der Waals surface area contributed by atoms with Gasteiger partial charge in [0.05, 0.1) is 22.4 Å². The Morgan fingerprint density at radius 3 is 1.81 bits per heavy atom. The van der Waals surface area contributed by atoms with Gasteiger partial charge in [0.2, 0.25) is 10.0 Å². The van der Waals surface area contributed by atoms with Crippen molar-refractivity contribution in [3.05, 3.63) is 95.6 Å². The van der Waals surface area contributed by atoms with Crippen molar-refractivity contribution in [2.24, 2.45) is 0 Å². The van der Waals surface area contributed by atoms with E-state index in [4.69, 9.17) is 4.18 Å². The van der Waals surface area contributed by atoms with Gasteiger partial charge in [-0.3, -0.25) is 4.18 Å². The van der Waals surface area contributed by atoms with Gasteiger partial charge < -0.3 is 0 Å². The number of aryl methyl sites for hydroxylation is 2. The molecule has 0 amide bonds. The third kappa shape index (κ3) is 6.48. The van der Waals surface area contributed by atoms with E-state index >= 15 is 0 Å². The van der Waals surface area contributed by atoms with Crippen LogP contribution < -0.4 is 4.72 Å². The Balaban J connectivity index is 1.80. The van der Waals surface area contributed by atoms with Crippen LogP contribution in [0.1, 0.15) is 16.7 Å². The largest absolute Gasteiger partial charge is 0.297 e. The van der Waals surface area contributed by atoms with Crippen molar-refractivity contribution in [2.75, 3.05) is 6.61 Å². The number of hydrogen-bond acceptors (Lipinski definition) is 5. The second-order valence-corrected chi connectivity index (χ2v) is 10.7. The summed E-state index contributed by atoms with van der Waals surface area (Å²) in [5.74, 6) is 0. The molecule has 0 unspecified atom stereocenters. The van der Waals surface area contributed by atoms with Crippen molar-refractivity contribution in [1.82, 2.24) is 4.72 Å². The molecule has 0 fully saturated rings. The summed E-state index contributed by atoms with van der Waals surface area (Å²) in [5, 5.41) is 0. The van der Waals surface area contributed by atoms with Crippen molar-refractivity contribution in [3.8, 4) is 0 Å². The average molecular weight is 460 g/mol. The lowest BCUT2D eigenvalue weighted by molar-refractivity contribution is 0.281. The van der Waals surface area contributed by atoms with E-state index in [2.05, 4.69) is 4.72 Å². The van der Waals surface area contributed by atoms with Crippen LogP contribution in [0.5, 0.6) is 0 Å². The molecule has 0 aromatic heterocycles. The highest BCUT2D eigenvalue weighted by Crippen LogP contribution is 2.16. The van der Waals surface area contributed by atoms with Crippen LogP contribution >= 0.6 is 0 Å². The molecule has 31 heavy (non-hydrogen) atoms. The number of benzene rings is 3. The Hall–Kier alpha value is -2.52. The molecule has 0 aliphatic rings. The lowest BCUT2D eigenvalue weighted by atomic mass is 10.1. The Labute approximate surface area is 184 Å². The first-order chi connectivity index (χ1) is 14.7. The highest BCUT2D eigenvalue weighted by atomic mass is 32.2. The van der Waals surface area contributed by atoms with Crippen molar-refractivity contribution >= 4 is 20.1 Å². The fourth-order valence-electron chi connectivity index (χ4n) is 2.98. The molecule has 0 saturated heterocycles. The second-order valence-electron chi connectivity index (χ2n) is 7.37. The molecule has 6 nitrogen and oxygen atoms in total. The molecule has 3 aromatic rings. The van der Waals surface area contributed by atoms with E-state index in [0.29, 0.717) is 0 Å². The zero-order chi connectivity index (χ0) is 22.5. The summed E-state index contributed by atoms with van der Waals surface area (Å²) in [6, 6.07) is 21.2. The highest BCUT2D eigenvalue weighted by molar-refractivity contribution is 7.89. The quantitative estimate of drug-likeness (QED) is 0.494. The maximum Gasteiger partial charge on any atom is 0.297 e. The molecule has 0 radical (unpaired) electrons. The minimum Gasteiger partial charge on any atom is -0.265 e. The number of rotatable bonds is 9. The molecule has 0 saturated carbocycles. The second kappa shape index (κ2) is 9.74. The SMILES string of the molecule is Cc1ccc(S(=O)(=O)N[C@@H](COS(=O)(=O)c2ccc(C)cc2)Cc2ccccc2)cc1. The van der Waals surface area contributed by atoms with Crippen LogP contribution in [-0.4, -0.2) is 29.5 Å². The normalized spacial score (nSPS) is 13.1. The third-order valence-electron chi connectivity index (χ3n) is 4.71. The van der Waals surface area contributed by atoms with Crippen molar-refractivity contribution in [1.29, 1.82) is 0 Å². The molecule has 3 rings (SSSR count). The first-order valence-electron chi connectivity index (χ1n) is 9.75. The Morgan fingerprint density at radius 2 is 1.26 bits per heavy atom. The first-order valence-corrected chi connectivity index (χ1v) is 12.6. The van der Waals surface area contributed by atoms with Crippen LogP contribution in [-0.2, 0) is 30.7 Å². The number of sulfonamides is 1. The summed E-state index contributed by atoms with van der Waals surface area (Å²) in [6.45, 7) is 3.38. The molecule has 1 atom stereocenters. The van der Waals surface area contributed by atoms with E-state index in [1.165, 1.54) is 24.3 Å². The Morgan fingerprint density at radius 1 is 0.742 bits per heavy atom. The van der Waals surface area contributed by atoms with Gasteiger partial charge in [-0.15, -0.1) is 0 Å². The van der Waals surface area contributed by atoms with E-state index in [1.54, 1.807) is 24.3 Å². The summed E-state index contributed by atoms with van der Waals surface area (Å²) < 4.78 is 58.7. The molecule has 0 heterocycles. The van der Waals surface area contributed by atoms with Crippen LogP contribution in [0.25, 0.3) is 0 Å². The molecule has 0 aliphatic carbocycles. The fraction of sp³-hybridized carbons (Fsp3) is 0.217. The minimum atomic E-state index is -4.03. The predicted molar refractivity (Wildman–Crippen MR) is 120 cm³/mol. The maximum absolute atomic E-state index is 12.9. The molecule has 1 N–H and O–H groups in total. The number of nitrogens with one attached hydrogen (secondary N) is 1. The molecule has 0 spiro atoms. The van der Waals surface area contributed by atoms with Gasteiger partial charge in [-0.2, -0.15) is 8.42 Å². The van der Waals surface area contributed by atoms with Gasteiger partial charge in [-0.1, -0.05) is 65.7 Å². The van der Waals surface area contributed by atoms with Crippen LogP contribution in [0.4, 0.5) is 0 Å². The standard InChI is InChI=1S/C23H25NO5S2/c1-18-8-12-22(13-9-18)30(25,26)24-21(16-20-6-4-3-5-7-20)17-29-31(27,28)23-14-10-19(2)11-15-23/h3-15,21,24H,16-17H2,1-2H3/t21-/m1/s1. The smallest absolute Gasteiger partial charge is 0.265 e. The molecule has 164 valence electrons. The minimum absolute atomic E-state index is 0.0259. The monoisotopic (exact) mass is 459 g/mol. The van der Waals surface area contributed by atoms with E-state index < -0.39 is 26.2 Å². The maximum atomic E-state index is 12.9. The summed E-state index contributed by atoms with van der Waals surface area (Å²) in [4.78, 5) is 0.135. The summed E-state index contributed by atoms with van der Waals surface area (Å²) >= 11 is 0. The number of hydrogen-bond donors (Lipinski definition) is 1. The van der Waals surface area contributed by atoms with Crippen LogP contribution in [0.15, 0.2) is 88.7 Å². The van der Waals surface area contributed by atoms with Crippen molar-refractivity contribution in [3.63, 3.8) is 0 Å². The summed E-state index contributed by atoms with van der Waals surface area (Å²) in [7, 11) is -7.88. The van der Waals surface area contributed by atoms with Gasteiger partial charge in [0.15, 0.2) is 0 Å². The van der Waals surface area contributed by atoms with Crippen molar-refractivity contribution < 1.29 is 21.0 Å². The lowest BCUT2D eigenvalue weighted by Crippen LogP contribution is -2.40. The molecular formula is C23H25NO5S2. The van der Waals surface area contributed by atoms with Gasteiger partial charge in [0, 0.05) is 0 Å². The zero-order valence-electron chi connectivity index (χ0n) is 17.4. The third-order valence-corrected chi connectivity index (χ3v) is 7.54. The predicted octanol–water partition coefficient (Wildman–Crippen LogP) is 3.60. The van der Waals surface area contributed by atoms with Crippen LogP contribution in [0.3, 0.4) is 0 Å². The Kier molecular flexibility index (Phi) is 7.27. The first kappa shape index (κ1) is 23.1. The topological polar surface area (TPSA) is 89.5 Å². The van der Waals surface area contributed by atoms with Gasteiger partial charge >= 0.3 is 0 Å². The summed E-state index contributed by atoms with van der Waals surface area (Å²) in [6.07, 6.45) is 0.273. The highest BCUT2D eigenvalue weighted by Gasteiger charge is 2.24. The van der Waals surface area contributed by atoms with Crippen molar-refractivity contribution in [2.45, 2.75) is 36.1 Å². The van der Waals surface area contributed by atoms with E-state index in [0.717, 1.165) is 16.7 Å². The molecule has 3 aromatic carbocycles. The van der Waals surface area contributed by atoms with Gasteiger partial charge in [0.25, 0.3) is 10.1 Å². The zero-order valence-corrected chi connectivity index (χ0v) is 19.0. The molecular weight excluding hydrogens is 434 g/mol. The van der Waals surface area contributed by atoms with E-state index in [1.807, 2.05) is 44.2 Å². The lowest BCUT2D eigenvalue weighted by Gasteiger charge is -2.19.